The second-order valence-corrected chi connectivity index (χ2v) is 10.1. The number of amides is 2. The van der Waals surface area contributed by atoms with Crippen LogP contribution < -0.4 is 10.1 Å². The summed E-state index contributed by atoms with van der Waals surface area (Å²) in [4.78, 5) is 12.7. The van der Waals surface area contributed by atoms with Gasteiger partial charge in [0.2, 0.25) is 0 Å². The molecule has 1 saturated carbocycles. The van der Waals surface area contributed by atoms with Crippen LogP contribution in [0.2, 0.25) is 0 Å². The SMILES string of the molecule is COc1ccccc1/C=N\N1C(=S)SC(C)(C)[C@H]1N(O)C(=O)NC1CCCCC1. The Morgan fingerprint density at radius 1 is 1.38 bits per heavy atom. The summed E-state index contributed by atoms with van der Waals surface area (Å²) in [5.41, 5.74) is 0.780. The number of methoxy groups -OCH3 is 1. The number of nitrogens with one attached hydrogen (secondary N) is 1. The molecule has 0 unspecified atom stereocenters. The number of hydrogen-bond donors (Lipinski definition) is 2. The zero-order valence-corrected chi connectivity index (χ0v) is 18.6. The van der Waals surface area contributed by atoms with E-state index in [4.69, 9.17) is 17.0 Å². The molecule has 2 amide bonds. The van der Waals surface area contributed by atoms with Crippen LogP contribution in [0.4, 0.5) is 4.79 Å². The summed E-state index contributed by atoms with van der Waals surface area (Å²) < 4.78 is 5.32. The molecule has 2 aliphatic rings. The third-order valence-electron chi connectivity index (χ3n) is 5.22. The Hall–Kier alpha value is -1.84. The van der Waals surface area contributed by atoms with Gasteiger partial charge in [-0.2, -0.15) is 10.2 Å². The van der Waals surface area contributed by atoms with Gasteiger partial charge in [-0.3, -0.25) is 5.21 Å². The Labute approximate surface area is 181 Å². The topological polar surface area (TPSA) is 77.4 Å². The van der Waals surface area contributed by atoms with E-state index >= 15 is 0 Å². The highest BCUT2D eigenvalue weighted by Crippen LogP contribution is 2.42. The number of thiocarbonyl (C=S) groups is 1. The second-order valence-electron chi connectivity index (χ2n) is 7.81. The van der Waals surface area contributed by atoms with Crippen LogP contribution >= 0.6 is 24.0 Å². The monoisotopic (exact) mass is 436 g/mol. The molecular formula is C20H28N4O3S2. The van der Waals surface area contributed by atoms with Crippen molar-refractivity contribution in [3.63, 3.8) is 0 Å². The second kappa shape index (κ2) is 9.32. The van der Waals surface area contributed by atoms with E-state index in [1.165, 1.54) is 23.2 Å². The van der Waals surface area contributed by atoms with Crippen molar-refractivity contribution < 1.29 is 14.7 Å². The molecule has 1 aromatic carbocycles. The van der Waals surface area contributed by atoms with Crippen molar-refractivity contribution in [1.29, 1.82) is 0 Å². The zero-order chi connectivity index (χ0) is 21.0. The summed E-state index contributed by atoms with van der Waals surface area (Å²) in [5.74, 6) is 0.681. The van der Waals surface area contributed by atoms with Crippen molar-refractivity contribution in [2.75, 3.05) is 7.11 Å². The summed E-state index contributed by atoms with van der Waals surface area (Å²) in [5, 5.41) is 20.5. The lowest BCUT2D eigenvalue weighted by molar-refractivity contribution is -0.119. The summed E-state index contributed by atoms with van der Waals surface area (Å²) >= 11 is 6.89. The molecular weight excluding hydrogens is 408 g/mol. The van der Waals surface area contributed by atoms with Gasteiger partial charge in [0.25, 0.3) is 0 Å². The van der Waals surface area contributed by atoms with Gasteiger partial charge in [0.05, 0.1) is 18.1 Å². The maximum Gasteiger partial charge on any atom is 0.343 e. The quantitative estimate of drug-likeness (QED) is 0.312. The molecule has 2 fully saturated rings. The normalized spacial score (nSPS) is 22.1. The first-order valence-electron chi connectivity index (χ1n) is 9.81. The number of hydrogen-bond acceptors (Lipinski definition) is 6. The first-order chi connectivity index (χ1) is 13.8. The van der Waals surface area contributed by atoms with Gasteiger partial charge < -0.3 is 10.1 Å². The summed E-state index contributed by atoms with van der Waals surface area (Å²) in [6, 6.07) is 7.07. The Morgan fingerprint density at radius 3 is 2.76 bits per heavy atom. The third-order valence-corrected chi connectivity index (χ3v) is 6.76. The molecule has 0 spiro atoms. The molecule has 9 heteroatoms. The highest BCUT2D eigenvalue weighted by atomic mass is 32.2. The molecule has 1 atom stereocenters. The van der Waals surface area contributed by atoms with Crippen LogP contribution in [0, 0.1) is 0 Å². The lowest BCUT2D eigenvalue weighted by Crippen LogP contribution is -2.57. The molecule has 1 saturated heterocycles. The van der Waals surface area contributed by atoms with Crippen LogP contribution in [0.3, 0.4) is 0 Å². The lowest BCUT2D eigenvalue weighted by Gasteiger charge is -2.35. The van der Waals surface area contributed by atoms with Crippen molar-refractivity contribution in [3.8, 4) is 5.75 Å². The highest BCUT2D eigenvalue weighted by Gasteiger charge is 2.50. The van der Waals surface area contributed by atoms with Gasteiger partial charge in [-0.25, -0.2) is 9.80 Å². The molecule has 1 aliphatic heterocycles. The van der Waals surface area contributed by atoms with Gasteiger partial charge in [0, 0.05) is 11.6 Å². The predicted octanol–water partition coefficient (Wildman–Crippen LogP) is 4.20. The fourth-order valence-corrected chi connectivity index (χ4v) is 5.51. The zero-order valence-electron chi connectivity index (χ0n) is 17.0. The number of rotatable bonds is 5. The van der Waals surface area contributed by atoms with Crippen molar-refractivity contribution in [2.45, 2.75) is 62.9 Å². The van der Waals surface area contributed by atoms with Crippen molar-refractivity contribution in [2.24, 2.45) is 5.10 Å². The van der Waals surface area contributed by atoms with Crippen molar-refractivity contribution >= 4 is 40.5 Å². The largest absolute Gasteiger partial charge is 0.496 e. The molecule has 0 bridgehead atoms. The van der Waals surface area contributed by atoms with Gasteiger partial charge in [-0.15, -0.1) is 0 Å². The number of thioether (sulfide) groups is 1. The van der Waals surface area contributed by atoms with E-state index in [9.17, 15) is 10.0 Å². The maximum atomic E-state index is 12.7. The molecule has 2 N–H and O–H groups in total. The van der Waals surface area contributed by atoms with Gasteiger partial charge in [-0.05, 0) is 38.8 Å². The van der Waals surface area contributed by atoms with Gasteiger partial charge in [0.1, 0.15) is 5.75 Å². The van der Waals surface area contributed by atoms with Crippen LogP contribution in [0.15, 0.2) is 29.4 Å². The first kappa shape index (κ1) is 21.9. The van der Waals surface area contributed by atoms with E-state index in [2.05, 4.69) is 10.4 Å². The van der Waals surface area contributed by atoms with Gasteiger partial charge in [0.15, 0.2) is 10.5 Å². The number of carbonyl (C=O) groups excluding carboxylic acids is 1. The standard InChI is InChI=1S/C20H28N4O3S2/c1-20(2)17(24(26)18(25)22-15-10-5-4-6-11-15)23(19(28)29-20)21-13-14-9-7-8-12-16(14)27-3/h7-9,12-13,15,17,26H,4-6,10-11H2,1-3H3,(H,22,25)/b21-13-/t17-/m1/s1. The molecule has 0 radical (unpaired) electrons. The number of benzene rings is 1. The third kappa shape index (κ3) is 5.02. The molecule has 1 heterocycles. The fraction of sp³-hybridized carbons (Fsp3) is 0.550. The van der Waals surface area contributed by atoms with Crippen LogP contribution in [-0.4, -0.2) is 55.9 Å². The number of ether oxygens (including phenoxy) is 1. The Bertz CT molecular complexity index is 781. The van der Waals surface area contributed by atoms with Gasteiger partial charge >= 0.3 is 6.03 Å². The number of hydroxylamine groups is 2. The first-order valence-corrected chi connectivity index (χ1v) is 11.0. The summed E-state index contributed by atoms with van der Waals surface area (Å²) in [6.45, 7) is 3.87. The molecule has 0 aromatic heterocycles. The van der Waals surface area contributed by atoms with E-state index < -0.39 is 16.9 Å². The number of nitrogens with zero attached hydrogens (tertiary/aromatic N) is 3. The molecule has 1 aliphatic carbocycles. The predicted molar refractivity (Wildman–Crippen MR) is 120 cm³/mol. The van der Waals surface area contributed by atoms with E-state index in [1.54, 1.807) is 13.3 Å². The lowest BCUT2D eigenvalue weighted by atomic mass is 9.96. The number of carbonyl (C=O) groups is 1. The Balaban J connectivity index is 1.78. The van der Waals surface area contributed by atoms with Crippen molar-refractivity contribution in [1.82, 2.24) is 15.4 Å². The average Bonchev–Trinajstić information content (AvgIpc) is 2.94. The average molecular weight is 437 g/mol. The van der Waals surface area contributed by atoms with Gasteiger partial charge in [-0.1, -0.05) is 55.4 Å². The van der Waals surface area contributed by atoms with Crippen molar-refractivity contribution in [3.05, 3.63) is 29.8 Å². The minimum Gasteiger partial charge on any atom is -0.496 e. The van der Waals surface area contributed by atoms with Crippen LogP contribution in [0.1, 0.15) is 51.5 Å². The number of para-hydroxylation sites is 1. The van der Waals surface area contributed by atoms with E-state index in [0.717, 1.165) is 36.3 Å². The molecule has 7 nitrogen and oxygen atoms in total. The molecule has 3 rings (SSSR count). The number of urea groups is 1. The highest BCUT2D eigenvalue weighted by molar-refractivity contribution is 8.24. The number of hydrazone groups is 1. The molecule has 29 heavy (non-hydrogen) atoms. The van der Waals surface area contributed by atoms with Crippen LogP contribution in [0.25, 0.3) is 0 Å². The molecule has 158 valence electrons. The summed E-state index contributed by atoms with van der Waals surface area (Å²) in [6.07, 6.45) is 6.18. The Morgan fingerprint density at radius 2 is 2.07 bits per heavy atom. The van der Waals surface area contributed by atoms with Crippen LogP contribution in [-0.2, 0) is 0 Å². The van der Waals surface area contributed by atoms with E-state index in [-0.39, 0.29) is 6.04 Å². The summed E-state index contributed by atoms with van der Waals surface area (Å²) in [7, 11) is 1.60. The minimum atomic E-state index is -0.727. The molecule has 1 aromatic rings. The maximum absolute atomic E-state index is 12.7. The fourth-order valence-electron chi connectivity index (χ4n) is 3.72. The minimum absolute atomic E-state index is 0.0977. The van der Waals surface area contributed by atoms with E-state index in [1.807, 2.05) is 38.1 Å². The van der Waals surface area contributed by atoms with E-state index in [0.29, 0.717) is 10.1 Å². The Kier molecular flexibility index (Phi) is 7.02. The smallest absolute Gasteiger partial charge is 0.343 e. The van der Waals surface area contributed by atoms with Crippen LogP contribution in [0.5, 0.6) is 5.75 Å².